The van der Waals surface area contributed by atoms with Gasteiger partial charge in [0.05, 0.1) is 11.3 Å². The van der Waals surface area contributed by atoms with E-state index >= 15 is 0 Å². The number of hydrogen-bond donors (Lipinski definition) is 2. The molecular formula is C29H29N3OS. The highest BCUT2D eigenvalue weighted by Crippen LogP contribution is 2.50. The zero-order chi connectivity index (χ0) is 23.1. The minimum Gasteiger partial charge on any atom is -0.336 e. The number of nitrogens with one attached hydrogen (secondary N) is 2. The van der Waals surface area contributed by atoms with Crippen LogP contribution in [0.5, 0.6) is 0 Å². The smallest absolute Gasteiger partial charge is 0.231 e. The van der Waals surface area contributed by atoms with Gasteiger partial charge in [-0.05, 0) is 77.6 Å². The van der Waals surface area contributed by atoms with Crippen molar-refractivity contribution in [2.75, 3.05) is 4.90 Å². The summed E-state index contributed by atoms with van der Waals surface area (Å²) in [5, 5.41) is 7.11. The molecule has 1 aliphatic carbocycles. The summed E-state index contributed by atoms with van der Waals surface area (Å²) in [6.45, 7) is 2.32. The molecule has 1 fully saturated rings. The van der Waals surface area contributed by atoms with Gasteiger partial charge in [-0.25, -0.2) is 0 Å². The monoisotopic (exact) mass is 467 g/mol. The van der Waals surface area contributed by atoms with Crippen molar-refractivity contribution in [2.24, 2.45) is 11.8 Å². The maximum atomic E-state index is 13.1. The van der Waals surface area contributed by atoms with Crippen LogP contribution in [0, 0.1) is 11.8 Å². The van der Waals surface area contributed by atoms with Crippen LogP contribution in [0.3, 0.4) is 0 Å². The van der Waals surface area contributed by atoms with Gasteiger partial charge < -0.3 is 10.2 Å². The molecule has 6 rings (SSSR count). The van der Waals surface area contributed by atoms with Crippen LogP contribution >= 0.6 is 11.8 Å². The van der Waals surface area contributed by atoms with Crippen molar-refractivity contribution in [3.8, 4) is 0 Å². The molecule has 4 atom stereocenters. The standard InChI is InChI=1S/C29H29N3OS/c1-19-12-17-24-25(18-19)34-29-26(24)28(33)30-27(31-29)20-13-15-23(16-14-20)32(21-8-4-2-5-9-21)22-10-6-3-7-11-22/h2-11,13-16,19,26-27,29,31H,12,17-18H2,1H3,(H,30,33). The Morgan fingerprint density at radius 2 is 1.47 bits per heavy atom. The summed E-state index contributed by atoms with van der Waals surface area (Å²) in [4.78, 5) is 16.8. The third kappa shape index (κ3) is 3.93. The molecule has 2 heterocycles. The van der Waals surface area contributed by atoms with E-state index in [1.165, 1.54) is 16.9 Å². The zero-order valence-electron chi connectivity index (χ0n) is 19.3. The quantitative estimate of drug-likeness (QED) is 0.452. The van der Waals surface area contributed by atoms with Crippen LogP contribution in [-0.2, 0) is 4.79 Å². The molecule has 0 radical (unpaired) electrons. The van der Waals surface area contributed by atoms with Crippen molar-refractivity contribution >= 4 is 34.7 Å². The van der Waals surface area contributed by atoms with Crippen molar-refractivity contribution in [3.63, 3.8) is 0 Å². The topological polar surface area (TPSA) is 44.4 Å². The highest BCUT2D eigenvalue weighted by atomic mass is 32.2. The largest absolute Gasteiger partial charge is 0.336 e. The summed E-state index contributed by atoms with van der Waals surface area (Å²) in [6, 6.07) is 29.3. The van der Waals surface area contributed by atoms with E-state index in [0.29, 0.717) is 0 Å². The summed E-state index contributed by atoms with van der Waals surface area (Å²) >= 11 is 1.89. The Morgan fingerprint density at radius 1 is 0.853 bits per heavy atom. The summed E-state index contributed by atoms with van der Waals surface area (Å²) in [5.74, 6) is 0.865. The fourth-order valence-electron chi connectivity index (χ4n) is 5.41. The number of carbonyl (C=O) groups excluding carboxylic acids is 1. The van der Waals surface area contributed by atoms with E-state index in [2.05, 4.69) is 95.3 Å². The SMILES string of the molecule is CC1CCC2=C(C1)SC1NC(c3ccc(N(c4ccccc4)c4ccccc4)cc3)NC(=O)C21. The van der Waals surface area contributed by atoms with Crippen LogP contribution in [0.25, 0.3) is 0 Å². The number of carbonyl (C=O) groups is 1. The Labute approximate surface area is 205 Å². The van der Waals surface area contributed by atoms with Crippen LogP contribution in [0.15, 0.2) is 95.4 Å². The molecule has 5 heteroatoms. The normalized spacial score (nSPS) is 26.0. The molecule has 172 valence electrons. The fourth-order valence-corrected chi connectivity index (χ4v) is 7.10. The van der Waals surface area contributed by atoms with Gasteiger partial charge in [0.25, 0.3) is 0 Å². The fraction of sp³-hybridized carbons (Fsp3) is 0.276. The first-order chi connectivity index (χ1) is 16.7. The Kier molecular flexibility index (Phi) is 5.67. The lowest BCUT2D eigenvalue weighted by molar-refractivity contribution is -0.127. The van der Waals surface area contributed by atoms with E-state index in [1.807, 2.05) is 23.9 Å². The molecule has 3 aromatic carbocycles. The van der Waals surface area contributed by atoms with E-state index in [4.69, 9.17) is 0 Å². The molecule has 0 saturated carbocycles. The van der Waals surface area contributed by atoms with Crippen LogP contribution in [-0.4, -0.2) is 11.3 Å². The number of anilines is 3. The van der Waals surface area contributed by atoms with Gasteiger partial charge in [-0.15, -0.1) is 11.8 Å². The van der Waals surface area contributed by atoms with Gasteiger partial charge in [-0.1, -0.05) is 55.5 Å². The lowest BCUT2D eigenvalue weighted by atomic mass is 9.83. The van der Waals surface area contributed by atoms with Crippen LogP contribution < -0.4 is 15.5 Å². The Hall–Kier alpha value is -3.02. The average molecular weight is 468 g/mol. The maximum absolute atomic E-state index is 13.1. The second-order valence-electron chi connectivity index (χ2n) is 9.52. The molecule has 0 spiro atoms. The number of nitrogens with zero attached hydrogens (tertiary/aromatic N) is 1. The van der Waals surface area contributed by atoms with E-state index < -0.39 is 0 Å². The van der Waals surface area contributed by atoms with Crippen LogP contribution in [0.2, 0.25) is 0 Å². The lowest BCUT2D eigenvalue weighted by Gasteiger charge is -2.35. The minimum absolute atomic E-state index is 0.0188. The second kappa shape index (κ2) is 8.97. The molecule has 4 unspecified atom stereocenters. The number of fused-ring (bicyclic) bond motifs is 2. The molecule has 3 aliphatic rings. The molecule has 3 aromatic rings. The summed E-state index contributed by atoms with van der Waals surface area (Å²) in [6.07, 6.45) is 3.21. The lowest BCUT2D eigenvalue weighted by Crippen LogP contribution is -2.54. The summed E-state index contributed by atoms with van der Waals surface area (Å²) in [7, 11) is 0. The van der Waals surface area contributed by atoms with Crippen molar-refractivity contribution in [2.45, 2.75) is 37.7 Å². The van der Waals surface area contributed by atoms with Gasteiger partial charge in [0.15, 0.2) is 0 Å². The first-order valence-corrected chi connectivity index (χ1v) is 13.0. The summed E-state index contributed by atoms with van der Waals surface area (Å²) < 4.78 is 0. The number of hydrogen-bond acceptors (Lipinski definition) is 4. The number of thioether (sulfide) groups is 1. The molecule has 2 aliphatic heterocycles. The molecule has 4 nitrogen and oxygen atoms in total. The van der Waals surface area contributed by atoms with Gasteiger partial charge in [0.1, 0.15) is 6.17 Å². The van der Waals surface area contributed by atoms with Crippen molar-refractivity contribution < 1.29 is 4.79 Å². The Morgan fingerprint density at radius 3 is 2.12 bits per heavy atom. The van der Waals surface area contributed by atoms with Crippen molar-refractivity contribution in [1.82, 2.24) is 10.6 Å². The van der Waals surface area contributed by atoms with Gasteiger partial charge in [-0.3, -0.25) is 10.1 Å². The third-order valence-electron chi connectivity index (χ3n) is 7.16. The first-order valence-electron chi connectivity index (χ1n) is 12.1. The van der Waals surface area contributed by atoms with Gasteiger partial charge in [0, 0.05) is 17.1 Å². The van der Waals surface area contributed by atoms with Gasteiger partial charge in [0.2, 0.25) is 5.91 Å². The summed E-state index contributed by atoms with van der Waals surface area (Å²) in [5.41, 5.74) is 5.77. The van der Waals surface area contributed by atoms with Crippen LogP contribution in [0.1, 0.15) is 37.9 Å². The van der Waals surface area contributed by atoms with Crippen LogP contribution in [0.4, 0.5) is 17.1 Å². The van der Waals surface area contributed by atoms with Crippen molar-refractivity contribution in [1.29, 1.82) is 0 Å². The predicted octanol–water partition coefficient (Wildman–Crippen LogP) is 6.64. The van der Waals surface area contributed by atoms with E-state index in [0.717, 1.165) is 41.4 Å². The van der Waals surface area contributed by atoms with Crippen molar-refractivity contribution in [3.05, 3.63) is 101 Å². The first kappa shape index (κ1) is 21.5. The molecule has 34 heavy (non-hydrogen) atoms. The minimum atomic E-state index is -0.170. The highest BCUT2D eigenvalue weighted by molar-refractivity contribution is 8.04. The van der Waals surface area contributed by atoms with Gasteiger partial charge >= 0.3 is 0 Å². The van der Waals surface area contributed by atoms with E-state index in [1.54, 1.807) is 0 Å². The number of rotatable bonds is 4. The number of allylic oxidation sites excluding steroid dienone is 1. The Balaban J connectivity index is 1.25. The molecule has 0 bridgehead atoms. The zero-order valence-corrected chi connectivity index (χ0v) is 20.1. The molecule has 1 amide bonds. The molecular weight excluding hydrogens is 438 g/mol. The number of benzene rings is 3. The van der Waals surface area contributed by atoms with E-state index in [9.17, 15) is 4.79 Å². The third-order valence-corrected chi connectivity index (χ3v) is 8.53. The predicted molar refractivity (Wildman–Crippen MR) is 140 cm³/mol. The average Bonchev–Trinajstić information content (AvgIpc) is 3.24. The Bertz CT molecular complexity index is 1170. The van der Waals surface area contributed by atoms with Gasteiger partial charge in [-0.2, -0.15) is 0 Å². The number of para-hydroxylation sites is 2. The van der Waals surface area contributed by atoms with E-state index in [-0.39, 0.29) is 23.4 Å². The number of amides is 1. The maximum Gasteiger partial charge on any atom is 0.231 e. The highest BCUT2D eigenvalue weighted by Gasteiger charge is 2.46. The molecule has 1 saturated heterocycles. The molecule has 0 aromatic heterocycles. The second-order valence-corrected chi connectivity index (χ2v) is 10.8. The molecule has 2 N–H and O–H groups in total.